The van der Waals surface area contributed by atoms with Crippen molar-refractivity contribution in [2.45, 2.75) is 46.3 Å². The maximum Gasteiger partial charge on any atom is 0.171 e. The molecule has 1 aromatic heterocycles. The fraction of sp³-hybridized carbons (Fsp3) is 0.438. The number of hydrogen-bond acceptors (Lipinski definition) is 4. The number of fused-ring (bicyclic) bond motifs is 1. The molecule has 5 nitrogen and oxygen atoms in total. The van der Waals surface area contributed by atoms with E-state index in [2.05, 4.69) is 20.8 Å². The number of hydrogen-bond donors (Lipinski definition) is 0. The van der Waals surface area contributed by atoms with Gasteiger partial charge in [-0.25, -0.2) is 0 Å². The van der Waals surface area contributed by atoms with Gasteiger partial charge in [-0.05, 0) is 49.9 Å². The molecule has 1 aliphatic rings. The molecular weight excluding hydrogens is 264 g/mol. The summed E-state index contributed by atoms with van der Waals surface area (Å²) in [5.74, 6) is 2.78. The Hall–Kier alpha value is -2.35. The van der Waals surface area contributed by atoms with E-state index in [1.807, 2.05) is 26.0 Å². The van der Waals surface area contributed by atoms with E-state index < -0.39 is 0 Å². The molecule has 1 aromatic carbocycles. The zero-order valence-electron chi connectivity index (χ0n) is 12.4. The SMILES string of the molecule is Cc1cc(C#N)cc(C)c1OCc1nnc2n1CCCC2. The fourth-order valence-corrected chi connectivity index (χ4v) is 2.85. The van der Waals surface area contributed by atoms with Gasteiger partial charge in [-0.15, -0.1) is 10.2 Å². The lowest BCUT2D eigenvalue weighted by molar-refractivity contribution is 0.282. The number of aromatic nitrogens is 3. The van der Waals surface area contributed by atoms with Crippen molar-refractivity contribution < 1.29 is 4.74 Å². The van der Waals surface area contributed by atoms with E-state index in [-0.39, 0.29) is 0 Å². The van der Waals surface area contributed by atoms with E-state index in [1.54, 1.807) is 0 Å². The molecule has 0 spiro atoms. The molecule has 0 atom stereocenters. The van der Waals surface area contributed by atoms with Gasteiger partial charge in [-0.1, -0.05) is 0 Å². The van der Waals surface area contributed by atoms with Gasteiger partial charge in [-0.3, -0.25) is 0 Å². The van der Waals surface area contributed by atoms with E-state index in [1.165, 1.54) is 12.8 Å². The topological polar surface area (TPSA) is 63.7 Å². The van der Waals surface area contributed by atoms with Crippen LogP contribution in [0.1, 0.15) is 41.2 Å². The monoisotopic (exact) mass is 282 g/mol. The van der Waals surface area contributed by atoms with E-state index in [4.69, 9.17) is 10.00 Å². The Balaban J connectivity index is 1.80. The van der Waals surface area contributed by atoms with Crippen molar-refractivity contribution in [2.75, 3.05) is 0 Å². The molecule has 3 rings (SSSR count). The van der Waals surface area contributed by atoms with Crippen LogP contribution in [0.4, 0.5) is 0 Å². The molecular formula is C16H18N4O. The summed E-state index contributed by atoms with van der Waals surface area (Å²) in [6.45, 7) is 5.32. The molecule has 2 heterocycles. The molecule has 0 fully saturated rings. The maximum absolute atomic E-state index is 8.98. The fourth-order valence-electron chi connectivity index (χ4n) is 2.85. The van der Waals surface area contributed by atoms with Gasteiger partial charge in [0.15, 0.2) is 5.82 Å². The first-order valence-corrected chi connectivity index (χ1v) is 7.24. The quantitative estimate of drug-likeness (QED) is 0.868. The van der Waals surface area contributed by atoms with Crippen LogP contribution in [-0.2, 0) is 19.6 Å². The molecule has 2 aromatic rings. The molecule has 0 amide bonds. The number of ether oxygens (including phenoxy) is 1. The molecule has 0 saturated carbocycles. The van der Waals surface area contributed by atoms with Crippen LogP contribution in [0, 0.1) is 25.2 Å². The highest BCUT2D eigenvalue weighted by molar-refractivity contribution is 5.47. The van der Waals surface area contributed by atoms with Crippen LogP contribution in [-0.4, -0.2) is 14.8 Å². The van der Waals surface area contributed by atoms with Gasteiger partial charge in [0, 0.05) is 13.0 Å². The molecule has 5 heteroatoms. The molecule has 0 saturated heterocycles. The third-order valence-corrected chi connectivity index (χ3v) is 3.87. The highest BCUT2D eigenvalue weighted by atomic mass is 16.5. The van der Waals surface area contributed by atoms with Crippen LogP contribution in [0.3, 0.4) is 0 Å². The van der Waals surface area contributed by atoms with Gasteiger partial charge in [0.1, 0.15) is 18.2 Å². The number of rotatable bonds is 3. The van der Waals surface area contributed by atoms with Crippen molar-refractivity contribution >= 4 is 0 Å². The summed E-state index contributed by atoms with van der Waals surface area (Å²) in [5.41, 5.74) is 2.62. The lowest BCUT2D eigenvalue weighted by Crippen LogP contribution is -2.14. The van der Waals surface area contributed by atoms with E-state index in [9.17, 15) is 0 Å². The zero-order chi connectivity index (χ0) is 14.8. The predicted octanol–water partition coefficient (Wildman–Crippen LogP) is 2.68. The normalized spacial score (nSPS) is 13.6. The predicted molar refractivity (Wildman–Crippen MR) is 77.9 cm³/mol. The van der Waals surface area contributed by atoms with Crippen LogP contribution in [0.2, 0.25) is 0 Å². The van der Waals surface area contributed by atoms with Crippen LogP contribution >= 0.6 is 0 Å². The average molecular weight is 282 g/mol. The molecule has 0 unspecified atom stereocenters. The summed E-state index contributed by atoms with van der Waals surface area (Å²) in [7, 11) is 0. The number of aryl methyl sites for hydroxylation is 3. The molecule has 0 radical (unpaired) electrons. The summed E-state index contributed by atoms with van der Waals surface area (Å²) in [5, 5.41) is 17.5. The maximum atomic E-state index is 8.98. The number of benzene rings is 1. The van der Waals surface area contributed by atoms with Gasteiger partial charge in [0.05, 0.1) is 11.6 Å². The second-order valence-corrected chi connectivity index (χ2v) is 5.48. The van der Waals surface area contributed by atoms with Crippen LogP contribution in [0.25, 0.3) is 0 Å². The summed E-state index contributed by atoms with van der Waals surface area (Å²) in [6, 6.07) is 5.86. The van der Waals surface area contributed by atoms with Crippen LogP contribution < -0.4 is 4.74 Å². The molecule has 1 aliphatic heterocycles. The van der Waals surface area contributed by atoms with Gasteiger partial charge in [-0.2, -0.15) is 5.26 Å². The van der Waals surface area contributed by atoms with Gasteiger partial charge in [0.2, 0.25) is 0 Å². The summed E-state index contributed by atoms with van der Waals surface area (Å²) < 4.78 is 8.11. The molecule has 108 valence electrons. The Morgan fingerprint density at radius 3 is 2.71 bits per heavy atom. The lowest BCUT2D eigenvalue weighted by Gasteiger charge is -2.16. The molecule has 0 aliphatic carbocycles. The molecule has 21 heavy (non-hydrogen) atoms. The Morgan fingerprint density at radius 1 is 1.24 bits per heavy atom. The Bertz CT molecular complexity index is 689. The Labute approximate surface area is 124 Å². The van der Waals surface area contributed by atoms with E-state index >= 15 is 0 Å². The van der Waals surface area contributed by atoms with Crippen molar-refractivity contribution in [3.05, 3.63) is 40.5 Å². The first kappa shape index (κ1) is 13.6. The first-order chi connectivity index (χ1) is 10.2. The Morgan fingerprint density at radius 2 is 2.00 bits per heavy atom. The van der Waals surface area contributed by atoms with Crippen molar-refractivity contribution in [3.63, 3.8) is 0 Å². The van der Waals surface area contributed by atoms with Crippen molar-refractivity contribution in [1.82, 2.24) is 14.8 Å². The highest BCUT2D eigenvalue weighted by Gasteiger charge is 2.16. The summed E-state index contributed by atoms with van der Waals surface area (Å²) in [4.78, 5) is 0. The van der Waals surface area contributed by atoms with Gasteiger partial charge >= 0.3 is 0 Å². The third kappa shape index (κ3) is 2.62. The van der Waals surface area contributed by atoms with E-state index in [0.29, 0.717) is 12.2 Å². The van der Waals surface area contributed by atoms with Gasteiger partial charge in [0.25, 0.3) is 0 Å². The molecule has 0 bridgehead atoms. The summed E-state index contributed by atoms with van der Waals surface area (Å²) >= 11 is 0. The molecule has 0 N–H and O–H groups in total. The van der Waals surface area contributed by atoms with Crippen LogP contribution in [0.5, 0.6) is 5.75 Å². The second-order valence-electron chi connectivity index (χ2n) is 5.48. The minimum Gasteiger partial charge on any atom is -0.485 e. The highest BCUT2D eigenvalue weighted by Crippen LogP contribution is 2.25. The zero-order valence-corrected chi connectivity index (χ0v) is 12.4. The second kappa shape index (κ2) is 5.57. The third-order valence-electron chi connectivity index (χ3n) is 3.87. The van der Waals surface area contributed by atoms with Gasteiger partial charge < -0.3 is 9.30 Å². The standard InChI is InChI=1S/C16H18N4O/c1-11-7-13(9-17)8-12(2)16(11)21-10-15-19-18-14-5-3-4-6-20(14)15/h7-8H,3-6,10H2,1-2H3. The van der Waals surface area contributed by atoms with E-state index in [0.717, 1.165) is 41.5 Å². The number of nitrogens with zero attached hydrogens (tertiary/aromatic N) is 4. The van der Waals surface area contributed by atoms with Crippen molar-refractivity contribution in [3.8, 4) is 11.8 Å². The minimum absolute atomic E-state index is 0.417. The largest absolute Gasteiger partial charge is 0.485 e. The average Bonchev–Trinajstić information content (AvgIpc) is 2.89. The van der Waals surface area contributed by atoms with Crippen molar-refractivity contribution in [2.24, 2.45) is 0 Å². The number of nitriles is 1. The summed E-state index contributed by atoms with van der Waals surface area (Å²) in [6.07, 6.45) is 3.36. The first-order valence-electron chi connectivity index (χ1n) is 7.24. The smallest absolute Gasteiger partial charge is 0.171 e. The minimum atomic E-state index is 0.417. The Kier molecular flexibility index (Phi) is 3.61. The lowest BCUT2D eigenvalue weighted by atomic mass is 10.1. The van der Waals surface area contributed by atoms with Crippen LogP contribution in [0.15, 0.2) is 12.1 Å². The van der Waals surface area contributed by atoms with Crippen molar-refractivity contribution in [1.29, 1.82) is 5.26 Å².